The Hall–Kier alpha value is -0.341. The minimum absolute atomic E-state index is 0. The zero-order chi connectivity index (χ0) is 6.57. The van der Waals surface area contributed by atoms with Crippen LogP contribution in [0.3, 0.4) is 0 Å². The number of hydrogen-bond donors (Lipinski definition) is 0. The zero-order valence-electron chi connectivity index (χ0n) is 5.23. The van der Waals surface area contributed by atoms with Gasteiger partial charge in [-0.05, 0) is 6.92 Å². The van der Waals surface area contributed by atoms with E-state index in [1.165, 1.54) is 14.0 Å². The molecule has 0 fully saturated rings. The van der Waals surface area contributed by atoms with Gasteiger partial charge in [0.2, 0.25) is 0 Å². The van der Waals surface area contributed by atoms with E-state index in [1.54, 1.807) is 0 Å². The Morgan fingerprint density at radius 2 is 1.89 bits per heavy atom. The Balaban J connectivity index is 0. The third-order valence-electron chi connectivity index (χ3n) is 0.621. The molecular formula is C5H8CuO3. The third kappa shape index (κ3) is 7.66. The quantitative estimate of drug-likeness (QED) is 0.344. The summed E-state index contributed by atoms with van der Waals surface area (Å²) < 4.78 is 4.20. The molecule has 0 bridgehead atoms. The van der Waals surface area contributed by atoms with Crippen molar-refractivity contribution in [3.8, 4) is 0 Å². The number of Topliss-reactive ketones (excluding diaryl/α,β-unsaturated/α-hetero) is 1. The molecule has 0 N–H and O–H groups in total. The van der Waals surface area contributed by atoms with Gasteiger partial charge in [-0.3, -0.25) is 9.59 Å². The first-order valence-electron chi connectivity index (χ1n) is 2.23. The van der Waals surface area contributed by atoms with Gasteiger partial charge in [-0.1, -0.05) is 0 Å². The SMILES string of the molecule is COC(=O)CC(C)=O.[Cu]. The van der Waals surface area contributed by atoms with E-state index in [4.69, 9.17) is 0 Å². The summed E-state index contributed by atoms with van der Waals surface area (Å²) in [7, 11) is 1.26. The average Bonchev–Trinajstić information content (AvgIpc) is 1.65. The maximum atomic E-state index is 10.2. The minimum atomic E-state index is -0.475. The van der Waals surface area contributed by atoms with Crippen LogP contribution < -0.4 is 0 Å². The molecule has 0 aromatic heterocycles. The number of ether oxygens (including phenoxy) is 1. The van der Waals surface area contributed by atoms with Gasteiger partial charge in [0.25, 0.3) is 0 Å². The monoisotopic (exact) mass is 179 g/mol. The van der Waals surface area contributed by atoms with Gasteiger partial charge in [0, 0.05) is 17.1 Å². The zero-order valence-corrected chi connectivity index (χ0v) is 6.18. The van der Waals surface area contributed by atoms with Crippen LogP contribution in [0.15, 0.2) is 0 Å². The van der Waals surface area contributed by atoms with Crippen molar-refractivity contribution in [1.29, 1.82) is 0 Å². The Kier molecular flexibility index (Phi) is 7.37. The molecule has 9 heavy (non-hydrogen) atoms. The molecule has 0 aromatic carbocycles. The number of ketones is 1. The van der Waals surface area contributed by atoms with Crippen molar-refractivity contribution in [3.05, 3.63) is 0 Å². The second-order valence-electron chi connectivity index (χ2n) is 1.45. The van der Waals surface area contributed by atoms with Crippen molar-refractivity contribution in [1.82, 2.24) is 0 Å². The molecule has 3 nitrogen and oxygen atoms in total. The van der Waals surface area contributed by atoms with Crippen LogP contribution in [-0.4, -0.2) is 18.9 Å². The third-order valence-corrected chi connectivity index (χ3v) is 0.621. The largest absolute Gasteiger partial charge is 0.469 e. The van der Waals surface area contributed by atoms with E-state index in [2.05, 4.69) is 4.74 Å². The summed E-state index contributed by atoms with van der Waals surface area (Å²) in [5, 5.41) is 0. The van der Waals surface area contributed by atoms with Crippen LogP contribution in [-0.2, 0) is 31.4 Å². The van der Waals surface area contributed by atoms with E-state index in [9.17, 15) is 9.59 Å². The molecule has 0 aliphatic carbocycles. The Bertz CT molecular complexity index is 111. The number of hydrogen-bond acceptors (Lipinski definition) is 3. The van der Waals surface area contributed by atoms with Gasteiger partial charge in [0.05, 0.1) is 7.11 Å². The van der Waals surface area contributed by atoms with Crippen LogP contribution in [0.25, 0.3) is 0 Å². The molecule has 57 valence electrons. The number of carbonyl (C=O) groups is 2. The number of carbonyl (C=O) groups excluding carboxylic acids is 2. The van der Waals surface area contributed by atoms with Crippen molar-refractivity contribution in [2.24, 2.45) is 0 Å². The summed E-state index contributed by atoms with van der Waals surface area (Å²) in [6.07, 6.45) is -0.115. The average molecular weight is 180 g/mol. The summed E-state index contributed by atoms with van der Waals surface area (Å²) in [5.74, 6) is -0.644. The predicted molar refractivity (Wildman–Crippen MR) is 27.3 cm³/mol. The van der Waals surface area contributed by atoms with Gasteiger partial charge >= 0.3 is 5.97 Å². The van der Waals surface area contributed by atoms with Gasteiger partial charge in [-0.25, -0.2) is 0 Å². The molecule has 0 unspecified atom stereocenters. The maximum Gasteiger partial charge on any atom is 0.313 e. The first kappa shape index (κ1) is 11.5. The molecule has 0 rings (SSSR count). The topological polar surface area (TPSA) is 43.4 Å². The summed E-state index contributed by atoms with van der Waals surface area (Å²) in [6, 6.07) is 0. The second kappa shape index (κ2) is 5.79. The summed E-state index contributed by atoms with van der Waals surface area (Å²) in [6.45, 7) is 1.34. The predicted octanol–water partition coefficient (Wildman–Crippen LogP) is 0.136. The molecule has 4 heteroatoms. The second-order valence-corrected chi connectivity index (χ2v) is 1.45. The fourth-order valence-electron chi connectivity index (χ4n) is 0.275. The first-order valence-corrected chi connectivity index (χ1v) is 2.23. The van der Waals surface area contributed by atoms with Crippen molar-refractivity contribution < 1.29 is 31.4 Å². The van der Waals surface area contributed by atoms with Gasteiger partial charge < -0.3 is 4.74 Å². The standard InChI is InChI=1S/C5H8O3.Cu/c1-4(6)3-5(7)8-2;/h3H2,1-2H3;. The summed E-state index contributed by atoms with van der Waals surface area (Å²) in [4.78, 5) is 20.3. The molecule has 0 atom stereocenters. The number of rotatable bonds is 2. The van der Waals surface area contributed by atoms with Crippen LogP contribution in [0.1, 0.15) is 13.3 Å². The molecule has 0 aromatic rings. The molecule has 0 aliphatic rings. The van der Waals surface area contributed by atoms with Crippen molar-refractivity contribution in [3.63, 3.8) is 0 Å². The van der Waals surface area contributed by atoms with Crippen LogP contribution in [0, 0.1) is 0 Å². The van der Waals surface area contributed by atoms with Crippen LogP contribution in [0.2, 0.25) is 0 Å². The maximum absolute atomic E-state index is 10.2. The molecule has 0 saturated heterocycles. The Labute approximate surface area is 64.2 Å². The van der Waals surface area contributed by atoms with E-state index in [1.807, 2.05) is 0 Å². The van der Waals surface area contributed by atoms with Gasteiger partial charge in [0.15, 0.2) is 0 Å². The number of esters is 1. The van der Waals surface area contributed by atoms with Crippen molar-refractivity contribution >= 4 is 11.8 Å². The molecule has 0 saturated carbocycles. The minimum Gasteiger partial charge on any atom is -0.469 e. The van der Waals surface area contributed by atoms with Gasteiger partial charge in [-0.15, -0.1) is 0 Å². The van der Waals surface area contributed by atoms with Crippen LogP contribution in [0.5, 0.6) is 0 Å². The van der Waals surface area contributed by atoms with E-state index in [0.29, 0.717) is 0 Å². The number of methoxy groups -OCH3 is 1. The fraction of sp³-hybridized carbons (Fsp3) is 0.600. The van der Waals surface area contributed by atoms with E-state index >= 15 is 0 Å². The molecule has 1 radical (unpaired) electrons. The normalized spacial score (nSPS) is 7.33. The summed E-state index contributed by atoms with van der Waals surface area (Å²) >= 11 is 0. The summed E-state index contributed by atoms with van der Waals surface area (Å²) in [5.41, 5.74) is 0. The molecule has 0 heterocycles. The van der Waals surface area contributed by atoms with E-state index < -0.39 is 5.97 Å². The molecule has 0 aliphatic heterocycles. The van der Waals surface area contributed by atoms with Crippen LogP contribution in [0.4, 0.5) is 0 Å². The fourth-order valence-corrected chi connectivity index (χ4v) is 0.275. The van der Waals surface area contributed by atoms with E-state index in [-0.39, 0.29) is 29.3 Å². The Morgan fingerprint density at radius 1 is 1.44 bits per heavy atom. The van der Waals surface area contributed by atoms with Crippen LogP contribution >= 0.6 is 0 Å². The molecular weight excluding hydrogens is 172 g/mol. The smallest absolute Gasteiger partial charge is 0.313 e. The van der Waals surface area contributed by atoms with Gasteiger partial charge in [-0.2, -0.15) is 0 Å². The first-order chi connectivity index (χ1) is 3.66. The molecule has 0 spiro atoms. The van der Waals surface area contributed by atoms with E-state index in [0.717, 1.165) is 0 Å². The molecule has 0 amide bonds. The van der Waals surface area contributed by atoms with Gasteiger partial charge in [0.1, 0.15) is 12.2 Å². The van der Waals surface area contributed by atoms with Crippen molar-refractivity contribution in [2.45, 2.75) is 13.3 Å². The Morgan fingerprint density at radius 3 is 2.00 bits per heavy atom. The van der Waals surface area contributed by atoms with Crippen molar-refractivity contribution in [2.75, 3.05) is 7.11 Å².